The van der Waals surface area contributed by atoms with Gasteiger partial charge in [-0.15, -0.1) is 0 Å². The normalized spacial score (nSPS) is 15.8. The zero-order chi connectivity index (χ0) is 28.2. The first kappa shape index (κ1) is 27.6. The highest BCUT2D eigenvalue weighted by Crippen LogP contribution is 2.30. The second-order valence-corrected chi connectivity index (χ2v) is 11.1. The van der Waals surface area contributed by atoms with Gasteiger partial charge in [0.1, 0.15) is 53.4 Å². The molecule has 3 aromatic rings. The number of rotatable bonds is 10. The van der Waals surface area contributed by atoms with Gasteiger partial charge in [0.25, 0.3) is 5.91 Å². The quantitative estimate of drug-likeness (QED) is 0.318. The maximum atomic E-state index is 12.7. The van der Waals surface area contributed by atoms with Crippen molar-refractivity contribution in [1.82, 2.24) is 19.9 Å². The van der Waals surface area contributed by atoms with E-state index in [1.165, 1.54) is 18.5 Å². The number of aryl methyl sites for hydroxylation is 2. The van der Waals surface area contributed by atoms with Gasteiger partial charge in [-0.05, 0) is 32.9 Å². The van der Waals surface area contributed by atoms with Crippen LogP contribution in [0.1, 0.15) is 46.0 Å². The molecule has 3 N–H and O–H groups in total. The van der Waals surface area contributed by atoms with E-state index in [1.54, 1.807) is 51.1 Å². The van der Waals surface area contributed by atoms with Crippen LogP contribution in [0.3, 0.4) is 0 Å². The van der Waals surface area contributed by atoms with Crippen molar-refractivity contribution in [2.75, 3.05) is 18.2 Å². The summed E-state index contributed by atoms with van der Waals surface area (Å²) in [5.41, 5.74) is 0.913. The lowest BCUT2D eigenvalue weighted by Crippen LogP contribution is -2.22. The third-order valence-corrected chi connectivity index (χ3v) is 6.70. The first-order valence-electron chi connectivity index (χ1n) is 12.0. The van der Waals surface area contributed by atoms with Gasteiger partial charge in [-0.3, -0.25) is 4.79 Å². The Hall–Kier alpha value is -4.39. The van der Waals surface area contributed by atoms with Crippen molar-refractivity contribution in [3.63, 3.8) is 0 Å². The highest BCUT2D eigenvalue weighted by atomic mass is 32.2. The molecule has 13 heteroatoms. The monoisotopic (exact) mass is 555 g/mol. The lowest BCUT2D eigenvalue weighted by atomic mass is 10.1. The van der Waals surface area contributed by atoms with Gasteiger partial charge in [0.05, 0.1) is 17.3 Å². The summed E-state index contributed by atoms with van der Waals surface area (Å²) in [6.45, 7) is 5.15. The number of sulfone groups is 1. The molecule has 2 atom stereocenters. The summed E-state index contributed by atoms with van der Waals surface area (Å²) in [4.78, 5) is 38.9. The van der Waals surface area contributed by atoms with E-state index >= 15 is 0 Å². The molecule has 0 saturated heterocycles. The fourth-order valence-electron chi connectivity index (χ4n) is 3.69. The fourth-order valence-corrected chi connectivity index (χ4v) is 4.42. The molecule has 12 nitrogen and oxygen atoms in total. The summed E-state index contributed by atoms with van der Waals surface area (Å²) in [5, 5.41) is 2.79. The van der Waals surface area contributed by atoms with Crippen LogP contribution in [-0.4, -0.2) is 65.3 Å². The van der Waals surface area contributed by atoms with E-state index in [4.69, 9.17) is 14.2 Å². The summed E-state index contributed by atoms with van der Waals surface area (Å²) in [6, 6.07) is 4.88. The van der Waals surface area contributed by atoms with E-state index in [0.717, 1.165) is 6.26 Å². The molecule has 206 valence electrons. The first-order chi connectivity index (χ1) is 18.5. The number of benzene rings is 1. The number of carbonyl (C=O) groups excluding carboxylic acids is 2. The standard InChI is InChI=1S/C26H29N5O7S/c1-15(14-36-26(33)24-13-28-17(3)30-24)37-20-9-18(31-25(32)23-12-27-16(2)29-23)10-21(11-20)38-19-5-7-22(8-6-19)39(4,34)35/h5,7-13,15,19H,6,14H2,1-4H3,(H,27,29)(H,28,30)(H,31,32)/t15-,19?/m0/s1. The van der Waals surface area contributed by atoms with Crippen LogP contribution in [0.15, 0.2) is 53.7 Å². The predicted molar refractivity (Wildman–Crippen MR) is 143 cm³/mol. The zero-order valence-corrected chi connectivity index (χ0v) is 22.7. The second kappa shape index (κ2) is 11.6. The van der Waals surface area contributed by atoms with E-state index in [9.17, 15) is 18.0 Å². The number of ether oxygens (including phenoxy) is 3. The molecule has 1 amide bonds. The number of aromatic amines is 2. The smallest absolute Gasteiger partial charge is 0.356 e. The average molecular weight is 556 g/mol. The Labute approximate surface area is 225 Å². The molecule has 1 unspecified atom stereocenters. The van der Waals surface area contributed by atoms with Crippen molar-refractivity contribution in [1.29, 1.82) is 0 Å². The van der Waals surface area contributed by atoms with E-state index in [1.807, 2.05) is 0 Å². The Kier molecular flexibility index (Phi) is 8.19. The summed E-state index contributed by atoms with van der Waals surface area (Å²) in [6.07, 6.45) is 8.12. The molecule has 0 saturated carbocycles. The van der Waals surface area contributed by atoms with Crippen LogP contribution in [-0.2, 0) is 14.6 Å². The highest BCUT2D eigenvalue weighted by Gasteiger charge is 2.19. The number of amides is 1. The topological polar surface area (TPSA) is 165 Å². The number of anilines is 1. The molecule has 2 aromatic heterocycles. The fraction of sp³-hybridized carbons (Fsp3) is 0.308. The van der Waals surface area contributed by atoms with Gasteiger partial charge < -0.3 is 29.5 Å². The van der Waals surface area contributed by atoms with Crippen molar-refractivity contribution >= 4 is 27.4 Å². The third kappa shape index (κ3) is 7.57. The average Bonchev–Trinajstić information content (AvgIpc) is 3.50. The molecule has 0 spiro atoms. The number of esters is 1. The van der Waals surface area contributed by atoms with Gasteiger partial charge in [-0.2, -0.15) is 0 Å². The van der Waals surface area contributed by atoms with Crippen molar-refractivity contribution in [3.8, 4) is 11.5 Å². The van der Waals surface area contributed by atoms with Gasteiger partial charge in [-0.25, -0.2) is 23.2 Å². The number of nitrogens with one attached hydrogen (secondary N) is 3. The molecular formula is C26H29N5O7S. The SMILES string of the molecule is Cc1ncc(C(=O)Nc2cc(OC3C=CC(S(C)(=O)=O)=CC3)cc(O[C@@H](C)COC(=O)c3cnc(C)[nH]3)c2)[nH]1. The highest BCUT2D eigenvalue weighted by molar-refractivity contribution is 7.94. The summed E-state index contributed by atoms with van der Waals surface area (Å²) in [5.74, 6) is 0.966. The van der Waals surface area contributed by atoms with Crippen molar-refractivity contribution in [2.24, 2.45) is 0 Å². The Morgan fingerprint density at radius 2 is 1.74 bits per heavy atom. The van der Waals surface area contributed by atoms with E-state index < -0.39 is 33.9 Å². The second-order valence-electron chi connectivity index (χ2n) is 9.07. The maximum Gasteiger partial charge on any atom is 0.356 e. The number of carbonyl (C=O) groups is 2. The largest absolute Gasteiger partial charge is 0.487 e. The van der Waals surface area contributed by atoms with Gasteiger partial charge in [0, 0.05) is 36.6 Å². The molecule has 39 heavy (non-hydrogen) atoms. The van der Waals surface area contributed by atoms with Crippen molar-refractivity contribution in [3.05, 3.63) is 76.8 Å². The summed E-state index contributed by atoms with van der Waals surface area (Å²) >= 11 is 0. The number of nitrogens with zero attached hydrogens (tertiary/aromatic N) is 2. The molecule has 2 heterocycles. The van der Waals surface area contributed by atoms with Gasteiger partial charge in [-0.1, -0.05) is 6.08 Å². The molecule has 0 fully saturated rings. The molecule has 0 radical (unpaired) electrons. The van der Waals surface area contributed by atoms with Crippen LogP contribution in [0.5, 0.6) is 11.5 Å². The molecule has 4 rings (SSSR count). The molecule has 1 aliphatic rings. The molecule has 0 aliphatic heterocycles. The van der Waals surface area contributed by atoms with Gasteiger partial charge >= 0.3 is 5.97 Å². The van der Waals surface area contributed by atoms with Crippen LogP contribution in [0.4, 0.5) is 5.69 Å². The van der Waals surface area contributed by atoms with Crippen LogP contribution in [0, 0.1) is 13.8 Å². The predicted octanol–water partition coefficient (Wildman–Crippen LogP) is 3.26. The minimum atomic E-state index is -3.31. The number of aromatic nitrogens is 4. The lowest BCUT2D eigenvalue weighted by Gasteiger charge is -2.20. The Morgan fingerprint density at radius 3 is 2.33 bits per heavy atom. The van der Waals surface area contributed by atoms with Gasteiger partial charge in [0.2, 0.25) is 0 Å². The minimum Gasteiger partial charge on any atom is -0.487 e. The number of imidazole rings is 2. The lowest BCUT2D eigenvalue weighted by molar-refractivity contribution is 0.0334. The summed E-state index contributed by atoms with van der Waals surface area (Å²) < 4.78 is 40.9. The van der Waals surface area contributed by atoms with Crippen molar-refractivity contribution < 1.29 is 32.2 Å². The number of hydrogen-bond acceptors (Lipinski definition) is 9. The number of H-pyrrole nitrogens is 2. The first-order valence-corrected chi connectivity index (χ1v) is 13.9. The molecular weight excluding hydrogens is 526 g/mol. The van der Waals surface area contributed by atoms with Crippen LogP contribution in [0.2, 0.25) is 0 Å². The maximum absolute atomic E-state index is 12.7. The van der Waals surface area contributed by atoms with E-state index in [0.29, 0.717) is 35.3 Å². The number of allylic oxidation sites excluding steroid dienone is 1. The molecule has 1 aromatic carbocycles. The Bertz CT molecular complexity index is 1540. The van der Waals surface area contributed by atoms with Crippen LogP contribution < -0.4 is 14.8 Å². The Morgan fingerprint density at radius 1 is 1.08 bits per heavy atom. The van der Waals surface area contributed by atoms with Gasteiger partial charge in [0.15, 0.2) is 9.84 Å². The Balaban J connectivity index is 1.48. The van der Waals surface area contributed by atoms with E-state index in [2.05, 4.69) is 25.3 Å². The van der Waals surface area contributed by atoms with Crippen LogP contribution in [0.25, 0.3) is 0 Å². The van der Waals surface area contributed by atoms with E-state index in [-0.39, 0.29) is 22.9 Å². The molecule has 0 bridgehead atoms. The molecule has 1 aliphatic carbocycles. The van der Waals surface area contributed by atoms with Crippen LogP contribution >= 0.6 is 0 Å². The van der Waals surface area contributed by atoms with Crippen molar-refractivity contribution in [2.45, 2.75) is 39.4 Å². The minimum absolute atomic E-state index is 0.0402. The summed E-state index contributed by atoms with van der Waals surface area (Å²) in [7, 11) is -3.31. The zero-order valence-electron chi connectivity index (χ0n) is 21.8. The third-order valence-electron chi connectivity index (χ3n) is 5.54. The number of hydrogen-bond donors (Lipinski definition) is 3.